The Kier molecular flexibility index (Phi) is 6.71. The first-order valence-electron chi connectivity index (χ1n) is 8.74. The van der Waals surface area contributed by atoms with Gasteiger partial charge in [-0.15, -0.1) is 0 Å². The second-order valence-electron chi connectivity index (χ2n) is 7.17. The average molecular weight is 346 g/mol. The van der Waals surface area contributed by atoms with Gasteiger partial charge >= 0.3 is 0 Å². The second kappa shape index (κ2) is 8.57. The molecule has 0 heterocycles. The van der Waals surface area contributed by atoms with E-state index in [4.69, 9.17) is 5.26 Å². The van der Waals surface area contributed by atoms with Crippen LogP contribution in [0.1, 0.15) is 31.2 Å². The van der Waals surface area contributed by atoms with Crippen LogP contribution in [-0.2, 0) is 5.60 Å². The molecule has 1 aliphatic carbocycles. The molecule has 3 atom stereocenters. The largest absolute Gasteiger partial charge is 0.396 e. The molecule has 0 aromatic heterocycles. The Morgan fingerprint density at radius 3 is 2.56 bits per heavy atom. The van der Waals surface area contributed by atoms with E-state index >= 15 is 0 Å². The van der Waals surface area contributed by atoms with Gasteiger partial charge in [0.2, 0.25) is 0 Å². The maximum absolute atomic E-state index is 13.3. The Morgan fingerprint density at radius 1 is 1.32 bits per heavy atom. The first kappa shape index (κ1) is 19.6. The summed E-state index contributed by atoms with van der Waals surface area (Å²) < 4.78 is 13.3. The van der Waals surface area contributed by atoms with Crippen molar-refractivity contribution in [3.05, 3.63) is 47.3 Å². The van der Waals surface area contributed by atoms with Crippen LogP contribution in [-0.4, -0.2) is 42.4 Å². The number of nitriles is 1. The molecule has 1 aromatic carbocycles. The highest BCUT2D eigenvalue weighted by Gasteiger charge is 2.43. The minimum absolute atomic E-state index is 0.0825. The van der Waals surface area contributed by atoms with Crippen molar-refractivity contribution in [2.75, 3.05) is 27.2 Å². The van der Waals surface area contributed by atoms with Crippen LogP contribution in [0.4, 0.5) is 4.39 Å². The summed E-state index contributed by atoms with van der Waals surface area (Å²) in [7, 11) is 3.96. The van der Waals surface area contributed by atoms with Crippen LogP contribution in [0.25, 0.3) is 0 Å². The fraction of sp³-hybridized carbons (Fsp3) is 0.550. The number of hydrogen-bond donors (Lipinski definition) is 2. The van der Waals surface area contributed by atoms with E-state index in [2.05, 4.69) is 11.0 Å². The van der Waals surface area contributed by atoms with Crippen molar-refractivity contribution in [2.45, 2.75) is 31.3 Å². The van der Waals surface area contributed by atoms with Gasteiger partial charge in [0.15, 0.2) is 0 Å². The molecule has 2 rings (SSSR count). The number of allylic oxidation sites excluding steroid dienone is 2. The van der Waals surface area contributed by atoms with Crippen molar-refractivity contribution >= 4 is 0 Å². The van der Waals surface area contributed by atoms with E-state index in [9.17, 15) is 14.6 Å². The van der Waals surface area contributed by atoms with Crippen LogP contribution in [0, 0.1) is 29.0 Å². The Bertz CT molecular complexity index is 636. The average Bonchev–Trinajstić information content (AvgIpc) is 2.61. The van der Waals surface area contributed by atoms with E-state index in [-0.39, 0.29) is 24.3 Å². The summed E-state index contributed by atoms with van der Waals surface area (Å²) in [6.07, 6.45) is 4.16. The number of benzene rings is 1. The third-order valence-electron chi connectivity index (χ3n) is 5.17. The standard InChI is InChI=1S/C20H27FN2O2/c1-23(2)11-3-10-20(25,17-5-7-18(21)8-6-17)19-9-4-15(13-22)12-16(19)14-24/h4-8,16,19,24-25H,3,9-12,14H2,1-2H3/t16?,19?,20-/m0/s1. The number of halogens is 1. The van der Waals surface area contributed by atoms with Gasteiger partial charge in [0, 0.05) is 18.1 Å². The quantitative estimate of drug-likeness (QED) is 0.797. The fourth-order valence-electron chi connectivity index (χ4n) is 3.78. The van der Waals surface area contributed by atoms with Crippen LogP contribution < -0.4 is 0 Å². The van der Waals surface area contributed by atoms with Gasteiger partial charge in [0.25, 0.3) is 0 Å². The molecule has 25 heavy (non-hydrogen) atoms. The van der Waals surface area contributed by atoms with Crippen molar-refractivity contribution in [3.8, 4) is 6.07 Å². The minimum Gasteiger partial charge on any atom is -0.396 e. The Labute approximate surface area is 149 Å². The van der Waals surface area contributed by atoms with E-state index in [0.29, 0.717) is 30.4 Å². The van der Waals surface area contributed by atoms with Gasteiger partial charge in [-0.2, -0.15) is 5.26 Å². The van der Waals surface area contributed by atoms with Gasteiger partial charge < -0.3 is 15.1 Å². The summed E-state index contributed by atoms with van der Waals surface area (Å²) in [5.74, 6) is -0.732. The highest BCUT2D eigenvalue weighted by Crippen LogP contribution is 2.44. The van der Waals surface area contributed by atoms with Crippen molar-refractivity contribution in [2.24, 2.45) is 11.8 Å². The Balaban J connectivity index is 2.34. The molecule has 0 fully saturated rings. The van der Waals surface area contributed by atoms with Crippen molar-refractivity contribution < 1.29 is 14.6 Å². The van der Waals surface area contributed by atoms with Gasteiger partial charge in [-0.1, -0.05) is 18.2 Å². The van der Waals surface area contributed by atoms with Crippen LogP contribution in [0.2, 0.25) is 0 Å². The zero-order chi connectivity index (χ0) is 18.4. The van der Waals surface area contributed by atoms with Gasteiger partial charge in [-0.3, -0.25) is 0 Å². The predicted molar refractivity (Wildman–Crippen MR) is 95.1 cm³/mol. The maximum atomic E-state index is 13.3. The first-order chi connectivity index (χ1) is 11.9. The molecule has 2 N–H and O–H groups in total. The van der Waals surface area contributed by atoms with Crippen molar-refractivity contribution in [3.63, 3.8) is 0 Å². The summed E-state index contributed by atoms with van der Waals surface area (Å²) in [6.45, 7) is 0.750. The lowest BCUT2D eigenvalue weighted by Gasteiger charge is -2.42. The molecule has 4 nitrogen and oxygen atoms in total. The molecule has 0 radical (unpaired) electrons. The Morgan fingerprint density at radius 2 is 2.00 bits per heavy atom. The lowest BCUT2D eigenvalue weighted by molar-refractivity contribution is -0.0683. The fourth-order valence-corrected chi connectivity index (χ4v) is 3.78. The third kappa shape index (κ3) is 4.66. The molecule has 1 aliphatic rings. The van der Waals surface area contributed by atoms with E-state index in [0.717, 1.165) is 13.0 Å². The normalized spacial score (nSPS) is 23.0. The molecular weight excluding hydrogens is 319 g/mol. The molecular formula is C20H27FN2O2. The maximum Gasteiger partial charge on any atom is 0.123 e. The topological polar surface area (TPSA) is 67.5 Å². The zero-order valence-electron chi connectivity index (χ0n) is 15.0. The molecule has 0 amide bonds. The number of aliphatic hydroxyl groups excluding tert-OH is 1. The van der Waals surface area contributed by atoms with Crippen LogP contribution in [0.15, 0.2) is 35.9 Å². The van der Waals surface area contributed by atoms with Crippen LogP contribution >= 0.6 is 0 Å². The van der Waals surface area contributed by atoms with Gasteiger partial charge in [0.05, 0.1) is 11.7 Å². The molecule has 5 heteroatoms. The lowest BCUT2D eigenvalue weighted by Crippen LogP contribution is -2.42. The molecule has 0 aliphatic heterocycles. The van der Waals surface area contributed by atoms with Crippen LogP contribution in [0.5, 0.6) is 0 Å². The van der Waals surface area contributed by atoms with E-state index in [1.165, 1.54) is 12.1 Å². The Hall–Kier alpha value is -1.74. The number of rotatable bonds is 7. The summed E-state index contributed by atoms with van der Waals surface area (Å²) in [4.78, 5) is 2.06. The van der Waals surface area contributed by atoms with E-state index in [1.807, 2.05) is 20.2 Å². The minimum atomic E-state index is -1.16. The highest BCUT2D eigenvalue weighted by molar-refractivity contribution is 5.29. The first-order valence-corrected chi connectivity index (χ1v) is 8.74. The van der Waals surface area contributed by atoms with Gasteiger partial charge in [-0.05, 0) is 69.9 Å². The summed E-state index contributed by atoms with van der Waals surface area (Å²) in [5.41, 5.74) is 0.171. The second-order valence-corrected chi connectivity index (χ2v) is 7.17. The smallest absolute Gasteiger partial charge is 0.123 e. The lowest BCUT2D eigenvalue weighted by atomic mass is 9.66. The monoisotopic (exact) mass is 346 g/mol. The van der Waals surface area contributed by atoms with Crippen molar-refractivity contribution in [1.82, 2.24) is 4.90 Å². The zero-order valence-corrected chi connectivity index (χ0v) is 15.0. The number of hydrogen-bond acceptors (Lipinski definition) is 4. The molecule has 0 saturated heterocycles. The predicted octanol–water partition coefficient (Wildman–Crippen LogP) is 2.82. The third-order valence-corrected chi connectivity index (χ3v) is 5.17. The van der Waals surface area contributed by atoms with Gasteiger partial charge in [0.1, 0.15) is 5.82 Å². The molecule has 136 valence electrons. The number of nitrogens with zero attached hydrogens (tertiary/aromatic N) is 2. The van der Waals surface area contributed by atoms with E-state index < -0.39 is 5.60 Å². The van der Waals surface area contributed by atoms with Crippen molar-refractivity contribution in [1.29, 1.82) is 5.26 Å². The summed E-state index contributed by atoms with van der Waals surface area (Å²) in [6, 6.07) is 8.13. The molecule has 0 saturated carbocycles. The van der Waals surface area contributed by atoms with Gasteiger partial charge in [-0.25, -0.2) is 4.39 Å². The van der Waals surface area contributed by atoms with E-state index in [1.54, 1.807) is 12.1 Å². The summed E-state index contributed by atoms with van der Waals surface area (Å²) in [5, 5.41) is 30.6. The molecule has 1 aromatic rings. The number of aliphatic hydroxyl groups is 2. The molecule has 0 spiro atoms. The molecule has 2 unspecified atom stereocenters. The highest BCUT2D eigenvalue weighted by atomic mass is 19.1. The molecule has 0 bridgehead atoms. The SMILES string of the molecule is CN(C)CCC[C@](O)(c1ccc(F)cc1)C1CC=C(C#N)CC1CO. The van der Waals surface area contributed by atoms with Crippen LogP contribution in [0.3, 0.4) is 0 Å². The summed E-state index contributed by atoms with van der Waals surface area (Å²) >= 11 is 0.